The van der Waals surface area contributed by atoms with E-state index in [9.17, 15) is 0 Å². The van der Waals surface area contributed by atoms with Gasteiger partial charge >= 0.3 is 0 Å². The van der Waals surface area contributed by atoms with E-state index in [0.717, 1.165) is 25.7 Å². The molecule has 19 heavy (non-hydrogen) atoms. The van der Waals surface area contributed by atoms with E-state index in [4.69, 9.17) is 0 Å². The van der Waals surface area contributed by atoms with Gasteiger partial charge in [0.2, 0.25) is 0 Å². The summed E-state index contributed by atoms with van der Waals surface area (Å²) in [5.41, 5.74) is 0. The summed E-state index contributed by atoms with van der Waals surface area (Å²) in [6, 6.07) is 3.04. The number of hydrogen-bond acceptors (Lipinski definition) is 4. The van der Waals surface area contributed by atoms with Crippen LogP contribution < -0.4 is 5.32 Å². The van der Waals surface area contributed by atoms with Crippen LogP contribution in [0.5, 0.6) is 0 Å². The molecule has 2 aliphatic heterocycles. The van der Waals surface area contributed by atoms with E-state index in [1.54, 1.807) is 0 Å². The highest BCUT2D eigenvalue weighted by atomic mass is 79.9. The fraction of sp³-hybridized carbons (Fsp3) is 0.692. The van der Waals surface area contributed by atoms with Gasteiger partial charge in [0, 0.05) is 66.6 Å². The van der Waals surface area contributed by atoms with Crippen molar-refractivity contribution < 1.29 is 0 Å². The van der Waals surface area contributed by atoms with Crippen LogP contribution in [0.15, 0.2) is 15.9 Å². The van der Waals surface area contributed by atoms with Crippen LogP contribution in [0.3, 0.4) is 0 Å². The largest absolute Gasteiger partial charge is 0.314 e. The summed E-state index contributed by atoms with van der Waals surface area (Å²) in [4.78, 5) is 6.74. The first-order valence-electron chi connectivity index (χ1n) is 6.71. The van der Waals surface area contributed by atoms with Crippen molar-refractivity contribution in [3.05, 3.63) is 20.8 Å². The van der Waals surface area contributed by atoms with Crippen molar-refractivity contribution >= 4 is 39.7 Å². The van der Waals surface area contributed by atoms with Crippen LogP contribution in [0, 0.1) is 0 Å². The van der Waals surface area contributed by atoms with Gasteiger partial charge in [0.15, 0.2) is 0 Å². The molecule has 0 amide bonds. The number of hydrogen-bond donors (Lipinski definition) is 1. The summed E-state index contributed by atoms with van der Waals surface area (Å²) in [5.74, 6) is 0. The second-order valence-electron chi connectivity index (χ2n) is 5.19. The minimum atomic E-state index is 0. The Kier molecular flexibility index (Phi) is 6.11. The minimum absolute atomic E-state index is 0. The Morgan fingerprint density at radius 2 is 2.11 bits per heavy atom. The van der Waals surface area contributed by atoms with Crippen molar-refractivity contribution in [1.29, 1.82) is 0 Å². The molecular formula is C13H21BrClN3S. The van der Waals surface area contributed by atoms with Gasteiger partial charge in [0.25, 0.3) is 0 Å². The number of halogens is 2. The summed E-state index contributed by atoms with van der Waals surface area (Å²) < 4.78 is 1.22. The van der Waals surface area contributed by atoms with E-state index in [0.29, 0.717) is 0 Å². The van der Waals surface area contributed by atoms with Crippen molar-refractivity contribution in [2.75, 3.05) is 39.3 Å². The molecule has 2 saturated heterocycles. The smallest absolute Gasteiger partial charge is 0.0328 e. The minimum Gasteiger partial charge on any atom is -0.314 e. The van der Waals surface area contributed by atoms with Crippen LogP contribution in [0.4, 0.5) is 0 Å². The molecule has 6 heteroatoms. The highest BCUT2D eigenvalue weighted by Gasteiger charge is 2.28. The maximum absolute atomic E-state index is 3.53. The predicted octanol–water partition coefficient (Wildman–Crippen LogP) is 2.41. The normalized spacial score (nSPS) is 25.4. The van der Waals surface area contributed by atoms with Crippen LogP contribution in [-0.4, -0.2) is 55.1 Å². The first kappa shape index (κ1) is 15.7. The zero-order valence-electron chi connectivity index (χ0n) is 11.0. The molecule has 3 nitrogen and oxygen atoms in total. The van der Waals surface area contributed by atoms with Gasteiger partial charge in [0.1, 0.15) is 0 Å². The lowest BCUT2D eigenvalue weighted by atomic mass is 10.2. The van der Waals surface area contributed by atoms with Crippen LogP contribution in [-0.2, 0) is 6.54 Å². The van der Waals surface area contributed by atoms with Crippen LogP contribution in [0.1, 0.15) is 11.3 Å². The third-order valence-corrected chi connectivity index (χ3v) is 5.60. The average Bonchev–Trinajstić information content (AvgIpc) is 3.01. The molecular weight excluding hydrogens is 346 g/mol. The fourth-order valence-corrected chi connectivity index (χ4v) is 4.45. The summed E-state index contributed by atoms with van der Waals surface area (Å²) >= 11 is 5.39. The van der Waals surface area contributed by atoms with E-state index in [-0.39, 0.29) is 12.4 Å². The number of piperazine rings is 1. The summed E-state index contributed by atoms with van der Waals surface area (Å²) in [6.07, 6.45) is 1.34. The molecule has 1 unspecified atom stereocenters. The summed E-state index contributed by atoms with van der Waals surface area (Å²) in [7, 11) is 0. The molecule has 2 fully saturated rings. The standard InChI is InChI=1S/C13H20BrN3S.ClH/c14-11-7-13(18-10-11)9-16-4-1-12(8-16)17-5-2-15-3-6-17;/h7,10,12,15H,1-6,8-9H2;1H. The van der Waals surface area contributed by atoms with E-state index in [1.165, 1.54) is 41.9 Å². The Morgan fingerprint density at radius 3 is 2.79 bits per heavy atom. The monoisotopic (exact) mass is 365 g/mol. The van der Waals surface area contributed by atoms with E-state index in [2.05, 4.69) is 42.5 Å². The van der Waals surface area contributed by atoms with Crippen LogP contribution in [0.25, 0.3) is 0 Å². The zero-order chi connectivity index (χ0) is 12.4. The number of nitrogens with one attached hydrogen (secondary N) is 1. The second kappa shape index (κ2) is 7.38. The van der Waals surface area contributed by atoms with Crippen molar-refractivity contribution in [3.8, 4) is 0 Å². The molecule has 2 aliphatic rings. The van der Waals surface area contributed by atoms with Gasteiger partial charge in [-0.05, 0) is 28.4 Å². The van der Waals surface area contributed by atoms with Crippen molar-refractivity contribution in [1.82, 2.24) is 15.1 Å². The van der Waals surface area contributed by atoms with Crippen LogP contribution in [0.2, 0.25) is 0 Å². The number of rotatable bonds is 3. The Bertz CT molecular complexity index is 395. The predicted molar refractivity (Wildman–Crippen MR) is 87.4 cm³/mol. The lowest BCUT2D eigenvalue weighted by molar-refractivity contribution is 0.170. The topological polar surface area (TPSA) is 18.5 Å². The third-order valence-electron chi connectivity index (χ3n) is 3.92. The molecule has 1 aromatic heterocycles. The maximum atomic E-state index is 3.53. The first-order valence-corrected chi connectivity index (χ1v) is 8.38. The van der Waals surface area contributed by atoms with E-state index in [1.807, 2.05) is 11.3 Å². The van der Waals surface area contributed by atoms with Gasteiger partial charge in [-0.15, -0.1) is 23.7 Å². The van der Waals surface area contributed by atoms with Crippen molar-refractivity contribution in [2.24, 2.45) is 0 Å². The molecule has 0 aromatic carbocycles. The molecule has 0 spiro atoms. The molecule has 1 atom stereocenters. The van der Waals surface area contributed by atoms with E-state index >= 15 is 0 Å². The highest BCUT2D eigenvalue weighted by molar-refractivity contribution is 9.10. The Balaban J connectivity index is 0.00000133. The molecule has 0 radical (unpaired) electrons. The number of thiophene rings is 1. The average molecular weight is 367 g/mol. The fourth-order valence-electron chi connectivity index (χ4n) is 2.96. The lowest BCUT2D eigenvalue weighted by Gasteiger charge is -2.32. The molecule has 0 bridgehead atoms. The third kappa shape index (κ3) is 4.16. The number of nitrogens with zero attached hydrogens (tertiary/aromatic N) is 2. The summed E-state index contributed by atoms with van der Waals surface area (Å²) in [5, 5.41) is 5.61. The van der Waals surface area contributed by atoms with Crippen molar-refractivity contribution in [2.45, 2.75) is 19.0 Å². The Morgan fingerprint density at radius 1 is 1.32 bits per heavy atom. The van der Waals surface area contributed by atoms with Gasteiger partial charge in [-0.2, -0.15) is 0 Å². The SMILES string of the molecule is Brc1csc(CN2CCC(N3CCNCC3)C2)c1.Cl. The highest BCUT2D eigenvalue weighted by Crippen LogP contribution is 2.24. The number of likely N-dealkylation sites (tertiary alicyclic amines) is 1. The van der Waals surface area contributed by atoms with Gasteiger partial charge in [0.05, 0.1) is 0 Å². The molecule has 3 rings (SSSR count). The molecule has 1 N–H and O–H groups in total. The Labute approximate surface area is 133 Å². The van der Waals surface area contributed by atoms with Crippen molar-refractivity contribution in [3.63, 3.8) is 0 Å². The second-order valence-corrected chi connectivity index (χ2v) is 7.11. The van der Waals surface area contributed by atoms with Gasteiger partial charge in [-0.25, -0.2) is 0 Å². The molecule has 3 heterocycles. The molecule has 108 valence electrons. The quantitative estimate of drug-likeness (QED) is 0.886. The molecule has 0 aliphatic carbocycles. The lowest BCUT2D eigenvalue weighted by Crippen LogP contribution is -2.49. The van der Waals surface area contributed by atoms with Gasteiger partial charge in [-0.3, -0.25) is 9.80 Å². The van der Waals surface area contributed by atoms with Gasteiger partial charge < -0.3 is 5.32 Å². The molecule has 0 saturated carbocycles. The van der Waals surface area contributed by atoms with E-state index < -0.39 is 0 Å². The van der Waals surface area contributed by atoms with Gasteiger partial charge in [-0.1, -0.05) is 0 Å². The maximum Gasteiger partial charge on any atom is 0.0328 e. The summed E-state index contributed by atoms with van der Waals surface area (Å²) in [6.45, 7) is 8.40. The van der Waals surface area contributed by atoms with Crippen LogP contribution >= 0.6 is 39.7 Å². The Hall–Kier alpha value is 0.350. The zero-order valence-corrected chi connectivity index (χ0v) is 14.2. The molecule has 1 aromatic rings. The first-order chi connectivity index (χ1) is 8.81.